The molecule has 1 heterocycles. The Bertz CT molecular complexity index is 365. The highest BCUT2D eigenvalue weighted by Gasteiger charge is 2.34. The van der Waals surface area contributed by atoms with Crippen LogP contribution in [-0.2, 0) is 0 Å². The Kier molecular flexibility index (Phi) is 2.63. The summed E-state index contributed by atoms with van der Waals surface area (Å²) in [5.74, 6) is 0. The van der Waals surface area contributed by atoms with E-state index in [-0.39, 0.29) is 5.66 Å². The van der Waals surface area contributed by atoms with Gasteiger partial charge in [-0.3, -0.25) is 5.01 Å². The average Bonchev–Trinajstić information content (AvgIpc) is 2.57. The fraction of sp³-hybridized carbons (Fsp3) is 0.364. The van der Waals surface area contributed by atoms with E-state index < -0.39 is 0 Å². The zero-order valence-electron chi connectivity index (χ0n) is 8.95. The molecule has 80 valence electrons. The maximum absolute atomic E-state index is 5.29. The predicted molar refractivity (Wildman–Crippen MR) is 66.5 cm³/mol. The van der Waals surface area contributed by atoms with Crippen LogP contribution in [-0.4, -0.2) is 10.8 Å². The third kappa shape index (κ3) is 1.96. The van der Waals surface area contributed by atoms with Crippen molar-refractivity contribution in [2.45, 2.75) is 25.9 Å². The van der Waals surface area contributed by atoms with Crippen LogP contribution in [0, 0.1) is 0 Å². The fourth-order valence-corrected chi connectivity index (χ4v) is 1.92. The number of nitrogens with one attached hydrogen (secondary N) is 2. The van der Waals surface area contributed by atoms with Crippen LogP contribution in [0.1, 0.15) is 20.3 Å². The number of anilines is 1. The van der Waals surface area contributed by atoms with Crippen LogP contribution in [0.2, 0.25) is 0 Å². The molecule has 1 aliphatic heterocycles. The lowest BCUT2D eigenvalue weighted by Gasteiger charge is -2.23. The van der Waals surface area contributed by atoms with Crippen LogP contribution in [0.3, 0.4) is 0 Å². The first-order valence-corrected chi connectivity index (χ1v) is 5.50. The van der Waals surface area contributed by atoms with E-state index in [0.717, 1.165) is 17.2 Å². The van der Waals surface area contributed by atoms with Crippen molar-refractivity contribution in [3.05, 3.63) is 30.3 Å². The number of thiocarbonyl (C=S) groups is 1. The van der Waals surface area contributed by atoms with Gasteiger partial charge in [0.1, 0.15) is 5.66 Å². The lowest BCUT2D eigenvalue weighted by atomic mass is 10.2. The Hall–Kier alpha value is -1.13. The first kappa shape index (κ1) is 10.4. The molecule has 1 fully saturated rings. The van der Waals surface area contributed by atoms with Gasteiger partial charge in [-0.15, -0.1) is 0 Å². The highest BCUT2D eigenvalue weighted by atomic mass is 32.1. The highest BCUT2D eigenvalue weighted by molar-refractivity contribution is 7.80. The first-order valence-electron chi connectivity index (χ1n) is 5.10. The largest absolute Gasteiger partial charge is 0.342 e. The number of benzene rings is 1. The quantitative estimate of drug-likeness (QED) is 0.747. The van der Waals surface area contributed by atoms with Crippen LogP contribution in [0.5, 0.6) is 0 Å². The van der Waals surface area contributed by atoms with Gasteiger partial charge in [0.15, 0.2) is 5.11 Å². The summed E-state index contributed by atoms with van der Waals surface area (Å²) in [6.45, 7) is 4.22. The van der Waals surface area contributed by atoms with Crippen LogP contribution in [0.25, 0.3) is 0 Å². The van der Waals surface area contributed by atoms with Crippen molar-refractivity contribution >= 4 is 23.0 Å². The minimum atomic E-state index is -0.132. The fourth-order valence-electron chi connectivity index (χ4n) is 1.54. The second kappa shape index (κ2) is 3.79. The minimum absolute atomic E-state index is 0.132. The molecule has 3 nitrogen and oxygen atoms in total. The summed E-state index contributed by atoms with van der Waals surface area (Å²) >= 11 is 5.29. The predicted octanol–water partition coefficient (Wildman–Crippen LogP) is 2.01. The Balaban J connectivity index is 2.23. The molecule has 0 bridgehead atoms. The van der Waals surface area contributed by atoms with Gasteiger partial charge in [-0.05, 0) is 37.7 Å². The molecular weight excluding hydrogens is 206 g/mol. The van der Waals surface area contributed by atoms with E-state index in [1.165, 1.54) is 0 Å². The number of hydrogen-bond donors (Lipinski definition) is 2. The zero-order valence-corrected chi connectivity index (χ0v) is 9.77. The van der Waals surface area contributed by atoms with E-state index in [4.69, 9.17) is 12.2 Å². The molecule has 1 saturated heterocycles. The zero-order chi connectivity index (χ0) is 10.9. The van der Waals surface area contributed by atoms with Gasteiger partial charge < -0.3 is 5.32 Å². The molecule has 1 aliphatic rings. The average molecular weight is 221 g/mol. The highest BCUT2D eigenvalue weighted by Crippen LogP contribution is 2.20. The molecule has 1 unspecified atom stereocenters. The Morgan fingerprint density at radius 2 is 2.00 bits per heavy atom. The third-order valence-corrected chi connectivity index (χ3v) is 2.95. The molecule has 0 saturated carbocycles. The summed E-state index contributed by atoms with van der Waals surface area (Å²) in [7, 11) is 0. The Morgan fingerprint density at radius 3 is 2.53 bits per heavy atom. The lowest BCUT2D eigenvalue weighted by Crippen LogP contribution is -2.47. The van der Waals surface area contributed by atoms with Gasteiger partial charge in [0.05, 0.1) is 5.69 Å². The van der Waals surface area contributed by atoms with Gasteiger partial charge in [0.2, 0.25) is 0 Å². The summed E-state index contributed by atoms with van der Waals surface area (Å²) in [6.07, 6.45) is 0.969. The van der Waals surface area contributed by atoms with Crippen molar-refractivity contribution in [2.24, 2.45) is 0 Å². The smallest absolute Gasteiger partial charge is 0.189 e. The molecule has 15 heavy (non-hydrogen) atoms. The Morgan fingerprint density at radius 1 is 1.33 bits per heavy atom. The van der Waals surface area contributed by atoms with E-state index in [2.05, 4.69) is 24.6 Å². The monoisotopic (exact) mass is 221 g/mol. The number of hydrogen-bond acceptors (Lipinski definition) is 2. The van der Waals surface area contributed by atoms with Crippen LogP contribution >= 0.6 is 12.2 Å². The van der Waals surface area contributed by atoms with E-state index in [0.29, 0.717) is 0 Å². The second-order valence-corrected chi connectivity index (χ2v) is 4.29. The summed E-state index contributed by atoms with van der Waals surface area (Å²) in [5, 5.41) is 5.92. The number of hydrazine groups is 1. The SMILES string of the molecule is CCC1(C)NC(=S)N(c2ccccc2)N1. The van der Waals surface area contributed by atoms with Gasteiger partial charge in [-0.25, -0.2) is 5.43 Å². The maximum Gasteiger partial charge on any atom is 0.189 e. The van der Waals surface area contributed by atoms with Crippen molar-refractivity contribution in [3.63, 3.8) is 0 Å². The van der Waals surface area contributed by atoms with E-state index in [9.17, 15) is 0 Å². The van der Waals surface area contributed by atoms with Crippen molar-refractivity contribution in [1.29, 1.82) is 0 Å². The van der Waals surface area contributed by atoms with Crippen molar-refractivity contribution in [2.75, 3.05) is 5.01 Å². The standard InChI is InChI=1S/C11H15N3S/c1-3-11(2)12-10(15)14(13-11)9-7-5-4-6-8-9/h4-8,13H,3H2,1-2H3,(H,12,15). The number of para-hydroxylation sites is 1. The summed E-state index contributed by atoms with van der Waals surface area (Å²) in [4.78, 5) is 0. The topological polar surface area (TPSA) is 27.3 Å². The molecular formula is C11H15N3S. The molecule has 0 aliphatic carbocycles. The molecule has 1 aromatic carbocycles. The molecule has 2 rings (SSSR count). The van der Waals surface area contributed by atoms with Gasteiger partial charge in [0, 0.05) is 0 Å². The molecule has 1 aromatic rings. The van der Waals surface area contributed by atoms with Gasteiger partial charge in [0.25, 0.3) is 0 Å². The third-order valence-electron chi connectivity index (χ3n) is 2.67. The van der Waals surface area contributed by atoms with Crippen LogP contribution in [0.15, 0.2) is 30.3 Å². The van der Waals surface area contributed by atoms with Gasteiger partial charge in [-0.2, -0.15) is 0 Å². The van der Waals surface area contributed by atoms with Crippen molar-refractivity contribution in [3.8, 4) is 0 Å². The Labute approximate surface area is 95.4 Å². The molecule has 2 N–H and O–H groups in total. The second-order valence-electron chi connectivity index (χ2n) is 3.90. The molecule has 0 spiro atoms. The lowest BCUT2D eigenvalue weighted by molar-refractivity contribution is 0.362. The van der Waals surface area contributed by atoms with E-state index >= 15 is 0 Å². The molecule has 0 radical (unpaired) electrons. The normalized spacial score (nSPS) is 25.5. The molecule has 1 atom stereocenters. The van der Waals surface area contributed by atoms with E-state index in [1.54, 1.807) is 0 Å². The molecule has 0 amide bonds. The van der Waals surface area contributed by atoms with Crippen molar-refractivity contribution < 1.29 is 0 Å². The summed E-state index contributed by atoms with van der Waals surface area (Å²) < 4.78 is 0. The van der Waals surface area contributed by atoms with Crippen LogP contribution in [0.4, 0.5) is 5.69 Å². The van der Waals surface area contributed by atoms with E-state index in [1.807, 2.05) is 35.3 Å². The molecule has 0 aromatic heterocycles. The van der Waals surface area contributed by atoms with Gasteiger partial charge in [-0.1, -0.05) is 25.1 Å². The summed E-state index contributed by atoms with van der Waals surface area (Å²) in [6, 6.07) is 10.1. The molecule has 4 heteroatoms. The minimum Gasteiger partial charge on any atom is -0.342 e. The maximum atomic E-state index is 5.29. The van der Waals surface area contributed by atoms with Gasteiger partial charge >= 0.3 is 0 Å². The first-order chi connectivity index (χ1) is 7.14. The number of rotatable bonds is 2. The van der Waals surface area contributed by atoms with Crippen LogP contribution < -0.4 is 15.8 Å². The number of nitrogens with zero attached hydrogens (tertiary/aromatic N) is 1. The van der Waals surface area contributed by atoms with Crippen molar-refractivity contribution in [1.82, 2.24) is 10.7 Å². The summed E-state index contributed by atoms with van der Waals surface area (Å²) in [5.41, 5.74) is 4.29.